The molecule has 0 spiro atoms. The van der Waals surface area contributed by atoms with Gasteiger partial charge in [-0.25, -0.2) is 0 Å². The van der Waals surface area contributed by atoms with Gasteiger partial charge in [0.1, 0.15) is 0 Å². The van der Waals surface area contributed by atoms with E-state index < -0.39 is 0 Å². The maximum absolute atomic E-state index is 11.0. The van der Waals surface area contributed by atoms with Crippen LogP contribution in [0.3, 0.4) is 0 Å². The number of thioether (sulfide) groups is 1. The van der Waals surface area contributed by atoms with Gasteiger partial charge in [-0.05, 0) is 24.0 Å². The first kappa shape index (κ1) is 13.3. The van der Waals surface area contributed by atoms with Gasteiger partial charge in [-0.1, -0.05) is 23.9 Å². The number of hydrogen-bond acceptors (Lipinski definition) is 3. The Labute approximate surface area is 93.9 Å². The highest BCUT2D eigenvalue weighted by atomic mass is 35.5. The molecule has 1 amide bonds. The van der Waals surface area contributed by atoms with Crippen LogP contribution in [-0.4, -0.2) is 11.5 Å². The lowest BCUT2D eigenvalue weighted by atomic mass is 10.2. The zero-order valence-corrected chi connectivity index (χ0v) is 9.45. The van der Waals surface area contributed by atoms with Crippen molar-refractivity contribution in [3.63, 3.8) is 0 Å². The van der Waals surface area contributed by atoms with Crippen LogP contribution in [0.25, 0.3) is 0 Å². The highest BCUT2D eigenvalue weighted by Gasteiger charge is 1.98. The van der Waals surface area contributed by atoms with Crippen LogP contribution >= 0.6 is 24.2 Å². The average molecular weight is 233 g/mol. The second-order valence-corrected chi connectivity index (χ2v) is 3.30. The Bertz CT molecular complexity index is 289. The molecule has 5 heteroatoms. The van der Waals surface area contributed by atoms with Crippen molar-refractivity contribution in [3.8, 4) is 0 Å². The molecule has 14 heavy (non-hydrogen) atoms. The Balaban J connectivity index is 0.00000169. The van der Waals surface area contributed by atoms with Crippen molar-refractivity contribution in [1.29, 1.82) is 0 Å². The Morgan fingerprint density at radius 1 is 1.43 bits per heavy atom. The predicted octanol–water partition coefficient (Wildman–Crippen LogP) is 2.46. The molecule has 0 atom stereocenters. The number of nitrogens with two attached hydrogens (primary N) is 1. The number of carbonyl (C=O) groups excluding carboxylic acids is 1. The third-order valence-electron chi connectivity index (χ3n) is 1.62. The van der Waals surface area contributed by atoms with E-state index in [9.17, 15) is 4.79 Å². The van der Waals surface area contributed by atoms with E-state index in [0.717, 1.165) is 23.0 Å². The molecule has 0 unspecified atom stereocenters. The zero-order valence-electron chi connectivity index (χ0n) is 7.82. The van der Waals surface area contributed by atoms with Gasteiger partial charge >= 0.3 is 0 Å². The van der Waals surface area contributed by atoms with Crippen LogP contribution in [0, 0.1) is 0 Å². The summed E-state index contributed by atoms with van der Waals surface area (Å²) >= 11 is 1.15. The molecule has 0 aliphatic carbocycles. The summed E-state index contributed by atoms with van der Waals surface area (Å²) in [7, 11) is 0. The van der Waals surface area contributed by atoms with E-state index in [-0.39, 0.29) is 17.6 Å². The number of halogens is 1. The summed E-state index contributed by atoms with van der Waals surface area (Å²) in [6, 6.07) is 7.48. The first-order valence-corrected chi connectivity index (χ1v) is 5.12. The molecule has 1 aromatic carbocycles. The predicted molar refractivity (Wildman–Crippen MR) is 64.1 cm³/mol. The molecule has 0 saturated heterocycles. The number of amides is 1. The summed E-state index contributed by atoms with van der Waals surface area (Å²) in [4.78, 5) is 11.0. The van der Waals surface area contributed by atoms with Gasteiger partial charge in [-0.3, -0.25) is 4.79 Å². The van der Waals surface area contributed by atoms with Gasteiger partial charge in [0.25, 0.3) is 5.24 Å². The monoisotopic (exact) mass is 232 g/mol. The third-order valence-corrected chi connectivity index (χ3v) is 2.09. The normalized spacial score (nSPS) is 9.00. The van der Waals surface area contributed by atoms with E-state index in [1.165, 1.54) is 0 Å². The number of benzene rings is 1. The molecule has 0 aromatic heterocycles. The van der Waals surface area contributed by atoms with Crippen LogP contribution in [-0.2, 0) is 6.54 Å². The lowest BCUT2D eigenvalue weighted by Gasteiger charge is -2.03. The molecule has 3 nitrogen and oxygen atoms in total. The van der Waals surface area contributed by atoms with E-state index in [0.29, 0.717) is 6.54 Å². The molecule has 1 rings (SSSR count). The molecular weight excluding hydrogens is 220 g/mol. The lowest BCUT2D eigenvalue weighted by molar-refractivity contribution is 0.270. The van der Waals surface area contributed by atoms with E-state index in [2.05, 4.69) is 5.32 Å². The smallest absolute Gasteiger partial charge is 0.283 e. The van der Waals surface area contributed by atoms with Gasteiger partial charge in [0.15, 0.2) is 0 Å². The summed E-state index contributed by atoms with van der Waals surface area (Å²) in [5.41, 5.74) is 7.30. The molecule has 3 N–H and O–H groups in total. The van der Waals surface area contributed by atoms with Crippen LogP contribution in [0.2, 0.25) is 0 Å². The van der Waals surface area contributed by atoms with Gasteiger partial charge in [0.2, 0.25) is 0 Å². The van der Waals surface area contributed by atoms with Crippen molar-refractivity contribution in [2.45, 2.75) is 6.54 Å². The van der Waals surface area contributed by atoms with Gasteiger partial charge in [0.05, 0.1) is 0 Å². The topological polar surface area (TPSA) is 55.1 Å². The van der Waals surface area contributed by atoms with Gasteiger partial charge in [0, 0.05) is 12.2 Å². The van der Waals surface area contributed by atoms with Crippen molar-refractivity contribution in [2.75, 3.05) is 11.6 Å². The first-order chi connectivity index (χ1) is 6.26. The van der Waals surface area contributed by atoms with Crippen molar-refractivity contribution in [3.05, 3.63) is 29.8 Å². The van der Waals surface area contributed by atoms with Gasteiger partial charge < -0.3 is 11.1 Å². The average Bonchev–Trinajstić information content (AvgIpc) is 2.19. The SMILES string of the molecule is CSC(=O)Nc1ccc(CN)cc1.Cl. The first-order valence-electron chi connectivity index (χ1n) is 3.90. The van der Waals surface area contributed by atoms with Crippen molar-refractivity contribution >= 4 is 35.1 Å². The van der Waals surface area contributed by atoms with Crippen molar-refractivity contribution < 1.29 is 4.79 Å². The molecule has 0 aliphatic rings. The standard InChI is InChI=1S/C9H12N2OS.ClH/c1-13-9(12)11-8-4-2-7(6-10)3-5-8;/h2-5H,6,10H2,1H3,(H,11,12);1H. The van der Waals surface area contributed by atoms with Crippen LogP contribution < -0.4 is 11.1 Å². The highest BCUT2D eigenvalue weighted by Crippen LogP contribution is 2.11. The largest absolute Gasteiger partial charge is 0.326 e. The van der Waals surface area contributed by atoms with Crippen LogP contribution in [0.15, 0.2) is 24.3 Å². The second kappa shape index (κ2) is 6.70. The summed E-state index contributed by atoms with van der Waals surface area (Å²) in [5.74, 6) is 0. The minimum Gasteiger partial charge on any atom is -0.326 e. The van der Waals surface area contributed by atoms with E-state index in [1.54, 1.807) is 6.26 Å². The van der Waals surface area contributed by atoms with Crippen LogP contribution in [0.5, 0.6) is 0 Å². The Kier molecular flexibility index (Phi) is 6.36. The molecule has 78 valence electrons. The lowest BCUT2D eigenvalue weighted by Crippen LogP contribution is -2.04. The summed E-state index contributed by atoms with van der Waals surface area (Å²) in [6.07, 6.45) is 1.74. The van der Waals surface area contributed by atoms with Crippen molar-refractivity contribution in [2.24, 2.45) is 5.73 Å². The summed E-state index contributed by atoms with van der Waals surface area (Å²) in [6.45, 7) is 0.525. The van der Waals surface area contributed by atoms with E-state index >= 15 is 0 Å². The summed E-state index contributed by atoms with van der Waals surface area (Å²) < 4.78 is 0. The zero-order chi connectivity index (χ0) is 9.68. The fourth-order valence-corrected chi connectivity index (χ4v) is 1.11. The number of anilines is 1. The quantitative estimate of drug-likeness (QED) is 0.824. The molecule has 0 saturated carbocycles. The number of hydrogen-bond donors (Lipinski definition) is 2. The third kappa shape index (κ3) is 4.00. The van der Waals surface area contributed by atoms with Crippen LogP contribution in [0.1, 0.15) is 5.56 Å². The Morgan fingerprint density at radius 3 is 2.43 bits per heavy atom. The minimum absolute atomic E-state index is 0. The molecule has 0 heterocycles. The molecule has 1 aromatic rings. The van der Waals surface area contributed by atoms with Gasteiger partial charge in [-0.15, -0.1) is 12.4 Å². The van der Waals surface area contributed by atoms with Crippen LogP contribution in [0.4, 0.5) is 10.5 Å². The maximum atomic E-state index is 11.0. The maximum Gasteiger partial charge on any atom is 0.283 e. The molecule has 0 bridgehead atoms. The molecule has 0 radical (unpaired) electrons. The fourth-order valence-electron chi connectivity index (χ4n) is 0.893. The fraction of sp³-hybridized carbons (Fsp3) is 0.222. The van der Waals surface area contributed by atoms with E-state index in [1.807, 2.05) is 24.3 Å². The molecular formula is C9H13ClN2OS. The van der Waals surface area contributed by atoms with Crippen molar-refractivity contribution in [1.82, 2.24) is 0 Å². The number of rotatable bonds is 2. The number of nitrogens with one attached hydrogen (secondary N) is 1. The molecule has 0 fully saturated rings. The Hall–Kier alpha value is -0.710. The molecule has 0 aliphatic heterocycles. The number of carbonyl (C=O) groups is 1. The highest BCUT2D eigenvalue weighted by molar-refractivity contribution is 8.13. The summed E-state index contributed by atoms with van der Waals surface area (Å²) in [5, 5.41) is 2.67. The van der Waals surface area contributed by atoms with Gasteiger partial charge in [-0.2, -0.15) is 0 Å². The Morgan fingerprint density at radius 2 is 2.00 bits per heavy atom. The second-order valence-electron chi connectivity index (χ2n) is 2.52. The minimum atomic E-state index is -0.0551. The van der Waals surface area contributed by atoms with E-state index in [4.69, 9.17) is 5.73 Å².